The maximum atomic E-state index is 10.4. The zero-order valence-electron chi connectivity index (χ0n) is 19.5. The normalized spacial score (nSPS) is 11.8. The van der Waals surface area contributed by atoms with Crippen molar-refractivity contribution in [2.75, 3.05) is 21.3 Å². The Labute approximate surface area is 181 Å². The average Bonchev–Trinajstić information content (AvgIpc) is 2.73. The number of unbranched alkanes of at least 4 members (excludes halogenated alkanes) is 16. The van der Waals surface area contributed by atoms with Crippen LogP contribution in [0, 0.1) is 0 Å². The molecule has 0 radical (unpaired) electrons. The van der Waals surface area contributed by atoms with E-state index in [2.05, 4.69) is 0 Å². The van der Waals surface area contributed by atoms with Gasteiger partial charge >= 0.3 is 14.8 Å². The standard InChI is InChI=1S/C23H48O5Si/c1-26-29(27-2,28-3)22-20-18-16-14-12-10-8-6-4-5-7-9-11-13-15-17-19-21-23(24)25/h4-22H2,1-3H3,(H,24,25). The highest BCUT2D eigenvalue weighted by Gasteiger charge is 2.36. The summed E-state index contributed by atoms with van der Waals surface area (Å²) in [4.78, 5) is 10.4. The summed E-state index contributed by atoms with van der Waals surface area (Å²) in [7, 11) is 2.71. The van der Waals surface area contributed by atoms with Gasteiger partial charge in [0.15, 0.2) is 0 Å². The van der Waals surface area contributed by atoms with Gasteiger partial charge in [0, 0.05) is 33.8 Å². The zero-order valence-corrected chi connectivity index (χ0v) is 20.5. The van der Waals surface area contributed by atoms with Crippen molar-refractivity contribution in [2.24, 2.45) is 0 Å². The predicted molar refractivity (Wildman–Crippen MR) is 122 cm³/mol. The van der Waals surface area contributed by atoms with Crippen LogP contribution in [0.5, 0.6) is 0 Å². The maximum absolute atomic E-state index is 10.4. The topological polar surface area (TPSA) is 65.0 Å². The van der Waals surface area contributed by atoms with E-state index in [-0.39, 0.29) is 0 Å². The Bertz CT molecular complexity index is 353. The van der Waals surface area contributed by atoms with E-state index in [9.17, 15) is 4.79 Å². The second kappa shape index (κ2) is 20.8. The van der Waals surface area contributed by atoms with Gasteiger partial charge in [-0.05, 0) is 12.8 Å². The van der Waals surface area contributed by atoms with Gasteiger partial charge in [-0.2, -0.15) is 0 Å². The van der Waals surface area contributed by atoms with Crippen LogP contribution in [0.2, 0.25) is 6.04 Å². The van der Waals surface area contributed by atoms with Crippen LogP contribution in [0.3, 0.4) is 0 Å². The van der Waals surface area contributed by atoms with Crippen LogP contribution in [0.15, 0.2) is 0 Å². The Morgan fingerprint density at radius 3 is 1.10 bits per heavy atom. The van der Waals surface area contributed by atoms with Crippen LogP contribution in [0.1, 0.15) is 116 Å². The van der Waals surface area contributed by atoms with E-state index in [1.54, 1.807) is 21.3 Å². The van der Waals surface area contributed by atoms with E-state index in [0.717, 1.165) is 25.3 Å². The predicted octanol–water partition coefficient (Wildman–Crippen LogP) is 6.97. The largest absolute Gasteiger partial charge is 0.500 e. The van der Waals surface area contributed by atoms with E-state index in [1.165, 1.54) is 89.9 Å². The minimum absolute atomic E-state index is 0.333. The van der Waals surface area contributed by atoms with Gasteiger partial charge in [0.1, 0.15) is 0 Å². The third kappa shape index (κ3) is 18.1. The molecule has 0 aliphatic heterocycles. The van der Waals surface area contributed by atoms with Crippen molar-refractivity contribution in [1.82, 2.24) is 0 Å². The fourth-order valence-electron chi connectivity index (χ4n) is 3.83. The number of aliphatic carboxylic acids is 1. The number of hydrogen-bond donors (Lipinski definition) is 1. The molecule has 0 heterocycles. The number of carbonyl (C=O) groups is 1. The van der Waals surface area contributed by atoms with Gasteiger partial charge in [0.2, 0.25) is 0 Å². The number of carboxylic acid groups (broad SMARTS) is 1. The molecule has 0 amide bonds. The minimum atomic E-state index is -2.35. The lowest BCUT2D eigenvalue weighted by molar-refractivity contribution is -0.137. The van der Waals surface area contributed by atoms with Gasteiger partial charge in [-0.15, -0.1) is 0 Å². The van der Waals surface area contributed by atoms with Gasteiger partial charge in [0.05, 0.1) is 0 Å². The van der Waals surface area contributed by atoms with E-state index >= 15 is 0 Å². The van der Waals surface area contributed by atoms with Crippen molar-refractivity contribution in [3.05, 3.63) is 0 Å². The summed E-state index contributed by atoms with van der Waals surface area (Å²) in [6.45, 7) is 0. The molecule has 0 fully saturated rings. The van der Waals surface area contributed by atoms with Gasteiger partial charge < -0.3 is 18.4 Å². The molecule has 0 aromatic rings. The molecule has 0 bridgehead atoms. The Kier molecular flexibility index (Phi) is 20.5. The Morgan fingerprint density at radius 2 is 0.828 bits per heavy atom. The molecule has 1 N–H and O–H groups in total. The van der Waals surface area contributed by atoms with Crippen molar-refractivity contribution in [2.45, 2.75) is 122 Å². The fraction of sp³-hybridized carbons (Fsp3) is 0.957. The highest BCUT2D eigenvalue weighted by atomic mass is 28.4. The van der Waals surface area contributed by atoms with E-state index in [4.69, 9.17) is 18.4 Å². The van der Waals surface area contributed by atoms with Crippen LogP contribution < -0.4 is 0 Å². The zero-order chi connectivity index (χ0) is 21.6. The summed E-state index contributed by atoms with van der Waals surface area (Å²) < 4.78 is 16.4. The van der Waals surface area contributed by atoms with Crippen molar-refractivity contribution in [3.8, 4) is 0 Å². The van der Waals surface area contributed by atoms with Gasteiger partial charge in [-0.1, -0.05) is 96.3 Å². The van der Waals surface area contributed by atoms with E-state index < -0.39 is 14.8 Å². The molecule has 0 aromatic carbocycles. The molecular weight excluding hydrogens is 384 g/mol. The molecule has 0 aliphatic rings. The van der Waals surface area contributed by atoms with Gasteiger partial charge in [-0.25, -0.2) is 0 Å². The summed E-state index contributed by atoms with van der Waals surface area (Å²) >= 11 is 0. The van der Waals surface area contributed by atoms with Crippen molar-refractivity contribution in [1.29, 1.82) is 0 Å². The molecule has 29 heavy (non-hydrogen) atoms. The molecule has 0 aliphatic carbocycles. The minimum Gasteiger partial charge on any atom is -0.481 e. The molecular formula is C23H48O5Si. The van der Waals surface area contributed by atoms with Crippen molar-refractivity contribution < 1.29 is 23.2 Å². The van der Waals surface area contributed by atoms with E-state index in [1.807, 2.05) is 0 Å². The molecule has 174 valence electrons. The van der Waals surface area contributed by atoms with Crippen LogP contribution >= 0.6 is 0 Å². The molecule has 0 atom stereocenters. The first-order valence-corrected chi connectivity index (χ1v) is 13.9. The van der Waals surface area contributed by atoms with E-state index in [0.29, 0.717) is 6.42 Å². The molecule has 0 rings (SSSR count). The quantitative estimate of drug-likeness (QED) is 0.139. The van der Waals surface area contributed by atoms with Crippen molar-refractivity contribution >= 4 is 14.8 Å². The smallest absolute Gasteiger partial charge is 0.481 e. The SMILES string of the molecule is CO[Si](CCCCCCCCCCCCCCCCCCCC(=O)O)(OC)OC. The lowest BCUT2D eigenvalue weighted by Crippen LogP contribution is -2.42. The molecule has 0 aromatic heterocycles. The molecule has 0 saturated carbocycles. The molecule has 0 spiro atoms. The summed E-state index contributed by atoms with van der Waals surface area (Å²) in [5.41, 5.74) is 0. The Morgan fingerprint density at radius 1 is 0.552 bits per heavy atom. The lowest BCUT2D eigenvalue weighted by atomic mass is 10.0. The molecule has 0 saturated heterocycles. The monoisotopic (exact) mass is 432 g/mol. The van der Waals surface area contributed by atoms with Crippen LogP contribution in [-0.2, 0) is 18.1 Å². The number of rotatable bonds is 23. The lowest BCUT2D eigenvalue weighted by Gasteiger charge is -2.24. The van der Waals surface area contributed by atoms with Crippen LogP contribution in [0.4, 0.5) is 0 Å². The third-order valence-corrected chi connectivity index (χ3v) is 8.64. The highest BCUT2D eigenvalue weighted by Crippen LogP contribution is 2.19. The maximum Gasteiger partial charge on any atom is 0.500 e. The van der Waals surface area contributed by atoms with Gasteiger partial charge in [0.25, 0.3) is 0 Å². The van der Waals surface area contributed by atoms with Crippen molar-refractivity contribution in [3.63, 3.8) is 0 Å². The second-order valence-corrected chi connectivity index (χ2v) is 11.3. The first-order valence-electron chi connectivity index (χ1n) is 12.0. The summed E-state index contributed by atoms with van der Waals surface area (Å²) in [6.07, 6.45) is 22.0. The third-order valence-electron chi connectivity index (χ3n) is 5.81. The van der Waals surface area contributed by atoms with Crippen LogP contribution in [0.25, 0.3) is 0 Å². The van der Waals surface area contributed by atoms with Gasteiger partial charge in [-0.3, -0.25) is 4.79 Å². The first kappa shape index (κ1) is 28.6. The highest BCUT2D eigenvalue weighted by molar-refractivity contribution is 6.60. The Balaban J connectivity index is 3.20. The Hall–Kier alpha value is -0.433. The molecule has 6 heteroatoms. The number of hydrogen-bond acceptors (Lipinski definition) is 4. The first-order chi connectivity index (χ1) is 14.1. The number of carboxylic acids is 1. The average molecular weight is 433 g/mol. The van der Waals surface area contributed by atoms with Crippen LogP contribution in [-0.4, -0.2) is 41.2 Å². The summed E-state index contributed by atoms with van der Waals surface area (Å²) in [5.74, 6) is -0.662. The fourth-order valence-corrected chi connectivity index (χ4v) is 5.62. The molecule has 5 nitrogen and oxygen atoms in total. The summed E-state index contributed by atoms with van der Waals surface area (Å²) in [5, 5.41) is 8.59. The second-order valence-electron chi connectivity index (χ2n) is 8.20. The molecule has 0 unspecified atom stereocenters. The summed E-state index contributed by atoms with van der Waals surface area (Å²) in [6, 6.07) is 0.918.